The van der Waals surface area contributed by atoms with E-state index in [4.69, 9.17) is 18.9 Å². The fraction of sp³-hybridized carbons (Fsp3) is 0.350. The van der Waals surface area contributed by atoms with E-state index in [-0.39, 0.29) is 18.9 Å². The maximum absolute atomic E-state index is 12.2. The van der Waals surface area contributed by atoms with Crippen molar-refractivity contribution in [3.8, 4) is 23.0 Å². The van der Waals surface area contributed by atoms with E-state index in [1.54, 1.807) is 14.2 Å². The molecule has 0 saturated carbocycles. The zero-order valence-corrected chi connectivity index (χ0v) is 15.7. The van der Waals surface area contributed by atoms with E-state index in [1.807, 2.05) is 43.3 Å². The molecule has 7 heteroatoms. The van der Waals surface area contributed by atoms with Gasteiger partial charge in [-0.1, -0.05) is 6.07 Å². The first kappa shape index (κ1) is 18.7. The van der Waals surface area contributed by atoms with Crippen molar-refractivity contribution in [3.05, 3.63) is 47.5 Å². The van der Waals surface area contributed by atoms with Crippen molar-refractivity contribution in [2.45, 2.75) is 19.4 Å². The van der Waals surface area contributed by atoms with Gasteiger partial charge < -0.3 is 29.6 Å². The van der Waals surface area contributed by atoms with Crippen molar-refractivity contribution in [2.24, 2.45) is 0 Å². The molecular weight excluding hydrogens is 348 g/mol. The highest BCUT2D eigenvalue weighted by Gasteiger charge is 2.16. The lowest BCUT2D eigenvalue weighted by Gasteiger charge is -2.16. The molecule has 2 aromatic carbocycles. The van der Waals surface area contributed by atoms with Crippen LogP contribution in [0, 0.1) is 0 Å². The Balaban J connectivity index is 1.51. The lowest BCUT2D eigenvalue weighted by atomic mass is 10.1. The predicted molar refractivity (Wildman–Crippen MR) is 101 cm³/mol. The molecule has 1 atom stereocenters. The van der Waals surface area contributed by atoms with Crippen molar-refractivity contribution >= 4 is 6.03 Å². The van der Waals surface area contributed by atoms with Gasteiger partial charge in [-0.05, 0) is 54.8 Å². The van der Waals surface area contributed by atoms with Gasteiger partial charge in [0.2, 0.25) is 6.79 Å². The number of nitrogens with one attached hydrogen (secondary N) is 2. The van der Waals surface area contributed by atoms with Gasteiger partial charge in [0.15, 0.2) is 11.5 Å². The number of fused-ring (bicyclic) bond motifs is 1. The molecule has 0 bridgehead atoms. The van der Waals surface area contributed by atoms with Crippen molar-refractivity contribution in [1.82, 2.24) is 10.6 Å². The fourth-order valence-electron chi connectivity index (χ4n) is 2.90. The van der Waals surface area contributed by atoms with Gasteiger partial charge in [0.1, 0.15) is 11.5 Å². The summed E-state index contributed by atoms with van der Waals surface area (Å²) in [4.78, 5) is 12.2. The summed E-state index contributed by atoms with van der Waals surface area (Å²) in [5, 5.41) is 5.79. The molecule has 0 spiro atoms. The second kappa shape index (κ2) is 8.53. The average molecular weight is 372 g/mol. The summed E-state index contributed by atoms with van der Waals surface area (Å²) in [5.74, 6) is 2.95. The molecule has 0 aliphatic carbocycles. The number of ether oxygens (including phenoxy) is 4. The minimum absolute atomic E-state index is 0.161. The first-order chi connectivity index (χ1) is 13.1. The summed E-state index contributed by atoms with van der Waals surface area (Å²) in [6.45, 7) is 2.63. The molecule has 3 rings (SSSR count). The number of methoxy groups -OCH3 is 2. The molecule has 0 radical (unpaired) electrons. The van der Waals surface area contributed by atoms with Crippen molar-refractivity contribution in [2.75, 3.05) is 27.6 Å². The molecule has 1 aliphatic rings. The third-order valence-corrected chi connectivity index (χ3v) is 4.41. The Kier molecular flexibility index (Phi) is 5.90. The van der Waals surface area contributed by atoms with Gasteiger partial charge in [-0.2, -0.15) is 0 Å². The van der Waals surface area contributed by atoms with Crippen LogP contribution in [0.4, 0.5) is 4.79 Å². The van der Waals surface area contributed by atoms with E-state index in [9.17, 15) is 4.79 Å². The van der Waals surface area contributed by atoms with Crippen LogP contribution in [0.15, 0.2) is 36.4 Å². The third-order valence-electron chi connectivity index (χ3n) is 4.41. The summed E-state index contributed by atoms with van der Waals surface area (Å²) in [5.41, 5.74) is 1.92. The number of rotatable bonds is 7. The van der Waals surface area contributed by atoms with Crippen molar-refractivity contribution < 1.29 is 23.7 Å². The lowest BCUT2D eigenvalue weighted by Crippen LogP contribution is -2.38. The van der Waals surface area contributed by atoms with E-state index in [2.05, 4.69) is 10.6 Å². The summed E-state index contributed by atoms with van der Waals surface area (Å²) >= 11 is 0. The normalized spacial score (nSPS) is 13.0. The fourth-order valence-corrected chi connectivity index (χ4v) is 2.90. The van der Waals surface area contributed by atoms with Gasteiger partial charge in [-0.25, -0.2) is 4.79 Å². The quantitative estimate of drug-likeness (QED) is 0.781. The zero-order valence-electron chi connectivity index (χ0n) is 15.7. The van der Waals surface area contributed by atoms with Crippen LogP contribution in [-0.4, -0.2) is 33.6 Å². The number of carbonyl (C=O) groups excluding carboxylic acids is 1. The number of amides is 2. The Morgan fingerprint density at radius 2 is 1.93 bits per heavy atom. The molecular formula is C20H24N2O5. The summed E-state index contributed by atoms with van der Waals surface area (Å²) < 4.78 is 21.3. The molecule has 2 aromatic rings. The second-order valence-corrected chi connectivity index (χ2v) is 6.16. The molecule has 1 heterocycles. The maximum Gasteiger partial charge on any atom is 0.315 e. The van der Waals surface area contributed by atoms with Crippen LogP contribution in [0.25, 0.3) is 0 Å². The second-order valence-electron chi connectivity index (χ2n) is 6.16. The Morgan fingerprint density at radius 1 is 1.11 bits per heavy atom. The van der Waals surface area contributed by atoms with Crippen LogP contribution in [-0.2, 0) is 6.42 Å². The molecule has 2 N–H and O–H groups in total. The number of carbonyl (C=O) groups is 1. The lowest BCUT2D eigenvalue weighted by molar-refractivity contribution is 0.174. The van der Waals surface area contributed by atoms with Gasteiger partial charge in [-0.3, -0.25) is 0 Å². The largest absolute Gasteiger partial charge is 0.497 e. The minimum atomic E-state index is -0.234. The van der Waals surface area contributed by atoms with Crippen LogP contribution < -0.4 is 29.6 Å². The highest BCUT2D eigenvalue weighted by atomic mass is 16.7. The van der Waals surface area contributed by atoms with E-state index >= 15 is 0 Å². The molecule has 1 unspecified atom stereocenters. The van der Waals surface area contributed by atoms with Crippen LogP contribution >= 0.6 is 0 Å². The molecule has 1 aliphatic heterocycles. The summed E-state index contributed by atoms with van der Waals surface area (Å²) in [6, 6.07) is 10.9. The Morgan fingerprint density at radius 3 is 2.70 bits per heavy atom. The van der Waals surface area contributed by atoms with Crippen molar-refractivity contribution in [3.63, 3.8) is 0 Å². The van der Waals surface area contributed by atoms with E-state index < -0.39 is 0 Å². The third kappa shape index (κ3) is 4.55. The maximum atomic E-state index is 12.2. The Labute approximate surface area is 158 Å². The standard InChI is InChI=1S/C20H24N2O5/c1-13(14-4-6-18-19(11-14)27-12-26-18)22-20(23)21-9-8-15-10-16(24-2)5-7-17(15)25-3/h4-7,10-11,13H,8-9,12H2,1-3H3,(H2,21,22,23). The van der Waals surface area contributed by atoms with E-state index in [0.29, 0.717) is 18.7 Å². The molecule has 27 heavy (non-hydrogen) atoms. The minimum Gasteiger partial charge on any atom is -0.497 e. The first-order valence-electron chi connectivity index (χ1n) is 8.75. The number of hydrogen-bond donors (Lipinski definition) is 2. The number of urea groups is 1. The Hall–Kier alpha value is -3.09. The predicted octanol–water partition coefficient (Wildman–Crippen LogP) is 3.04. The van der Waals surface area contributed by atoms with Gasteiger partial charge in [-0.15, -0.1) is 0 Å². The molecule has 144 valence electrons. The van der Waals surface area contributed by atoms with Crippen LogP contribution in [0.2, 0.25) is 0 Å². The van der Waals surface area contributed by atoms with Gasteiger partial charge in [0, 0.05) is 6.54 Å². The monoisotopic (exact) mass is 372 g/mol. The zero-order chi connectivity index (χ0) is 19.2. The SMILES string of the molecule is COc1ccc(OC)c(CCNC(=O)NC(C)c2ccc3c(c2)OCO3)c1. The topological polar surface area (TPSA) is 78.1 Å². The smallest absolute Gasteiger partial charge is 0.315 e. The average Bonchev–Trinajstić information content (AvgIpc) is 3.15. The van der Waals surface area contributed by atoms with Crippen LogP contribution in [0.5, 0.6) is 23.0 Å². The highest BCUT2D eigenvalue weighted by Crippen LogP contribution is 2.34. The molecule has 7 nitrogen and oxygen atoms in total. The van der Waals surface area contributed by atoms with Gasteiger partial charge in [0.25, 0.3) is 0 Å². The first-order valence-corrected chi connectivity index (χ1v) is 8.75. The van der Waals surface area contributed by atoms with Gasteiger partial charge in [0.05, 0.1) is 20.3 Å². The van der Waals surface area contributed by atoms with Crippen LogP contribution in [0.1, 0.15) is 24.1 Å². The molecule has 0 aromatic heterocycles. The van der Waals surface area contributed by atoms with Crippen LogP contribution in [0.3, 0.4) is 0 Å². The number of benzene rings is 2. The van der Waals surface area contributed by atoms with E-state index in [0.717, 1.165) is 28.4 Å². The Bertz CT molecular complexity index is 809. The summed E-state index contributed by atoms with van der Waals surface area (Å²) in [6.07, 6.45) is 0.631. The molecule has 0 fully saturated rings. The molecule has 0 saturated heterocycles. The number of hydrogen-bond acceptors (Lipinski definition) is 5. The molecule has 2 amide bonds. The van der Waals surface area contributed by atoms with Gasteiger partial charge >= 0.3 is 6.03 Å². The highest BCUT2D eigenvalue weighted by molar-refractivity contribution is 5.74. The van der Waals surface area contributed by atoms with E-state index in [1.165, 1.54) is 0 Å². The summed E-state index contributed by atoms with van der Waals surface area (Å²) in [7, 11) is 3.24. The van der Waals surface area contributed by atoms with Crippen molar-refractivity contribution in [1.29, 1.82) is 0 Å².